The minimum absolute atomic E-state index is 0.0374. The highest BCUT2D eigenvalue weighted by atomic mass is 32.2. The number of aromatic nitrogens is 2. The van der Waals surface area contributed by atoms with E-state index in [0.29, 0.717) is 12.2 Å². The zero-order valence-corrected chi connectivity index (χ0v) is 15.5. The van der Waals surface area contributed by atoms with Gasteiger partial charge in [0.15, 0.2) is 5.69 Å². The lowest BCUT2D eigenvalue weighted by Crippen LogP contribution is -2.38. The number of carbonyl (C=O) groups excluding carboxylic acids is 1. The van der Waals surface area contributed by atoms with Crippen LogP contribution in [0.15, 0.2) is 29.2 Å². The van der Waals surface area contributed by atoms with Crippen LogP contribution in [0.3, 0.4) is 0 Å². The van der Waals surface area contributed by atoms with Gasteiger partial charge in [-0.05, 0) is 24.3 Å². The monoisotopic (exact) mass is 382 g/mol. The lowest BCUT2D eigenvalue weighted by atomic mass is 10.3. The second kappa shape index (κ2) is 6.69. The zero-order valence-electron chi connectivity index (χ0n) is 14.6. The van der Waals surface area contributed by atoms with Crippen LogP contribution in [0, 0.1) is 5.82 Å². The summed E-state index contributed by atoms with van der Waals surface area (Å²) in [6, 6.07) is 4.94. The Balaban J connectivity index is 1.93. The van der Waals surface area contributed by atoms with E-state index in [1.54, 1.807) is 24.8 Å². The van der Waals surface area contributed by atoms with E-state index < -0.39 is 15.8 Å². The standard InChI is InChI=1S/C16H19FN4O4S/c1-19(2)16(22)13-9-12-10-20(6-7-21(12)18-13)26(23,24)15-8-11(17)4-5-14(15)25-3/h4-5,8-9H,6-7,10H2,1-3H3. The Morgan fingerprint density at radius 3 is 2.65 bits per heavy atom. The van der Waals surface area contributed by atoms with E-state index in [2.05, 4.69) is 5.10 Å². The zero-order chi connectivity index (χ0) is 19.1. The van der Waals surface area contributed by atoms with Gasteiger partial charge in [-0.15, -0.1) is 0 Å². The van der Waals surface area contributed by atoms with Gasteiger partial charge in [-0.3, -0.25) is 9.48 Å². The summed E-state index contributed by atoms with van der Waals surface area (Å²) in [4.78, 5) is 13.2. The van der Waals surface area contributed by atoms with Crippen molar-refractivity contribution in [2.24, 2.45) is 0 Å². The summed E-state index contributed by atoms with van der Waals surface area (Å²) in [6.45, 7) is 0.495. The van der Waals surface area contributed by atoms with Gasteiger partial charge in [0.25, 0.3) is 5.91 Å². The molecule has 0 spiro atoms. The van der Waals surface area contributed by atoms with Crippen LogP contribution in [0.25, 0.3) is 0 Å². The van der Waals surface area contributed by atoms with Crippen molar-refractivity contribution in [3.8, 4) is 5.75 Å². The Morgan fingerprint density at radius 1 is 1.27 bits per heavy atom. The highest BCUT2D eigenvalue weighted by Crippen LogP contribution is 2.29. The molecular weight excluding hydrogens is 363 g/mol. The van der Waals surface area contributed by atoms with Gasteiger partial charge in [0.1, 0.15) is 16.5 Å². The van der Waals surface area contributed by atoms with Crippen LogP contribution in [-0.4, -0.2) is 61.1 Å². The first-order valence-corrected chi connectivity index (χ1v) is 9.30. The summed E-state index contributed by atoms with van der Waals surface area (Å²) in [5, 5.41) is 4.23. The Bertz CT molecular complexity index is 955. The number of rotatable bonds is 4. The van der Waals surface area contributed by atoms with Crippen LogP contribution < -0.4 is 4.74 Å². The lowest BCUT2D eigenvalue weighted by molar-refractivity contribution is 0.0821. The number of halogens is 1. The number of fused-ring (bicyclic) bond motifs is 1. The number of ether oxygens (including phenoxy) is 1. The van der Waals surface area contributed by atoms with Gasteiger partial charge in [-0.1, -0.05) is 0 Å². The summed E-state index contributed by atoms with van der Waals surface area (Å²) < 4.78 is 47.4. The number of hydrogen-bond donors (Lipinski definition) is 0. The van der Waals surface area contributed by atoms with Crippen LogP contribution in [0.5, 0.6) is 5.75 Å². The van der Waals surface area contributed by atoms with Gasteiger partial charge in [0.2, 0.25) is 10.0 Å². The van der Waals surface area contributed by atoms with E-state index >= 15 is 0 Å². The third kappa shape index (κ3) is 3.17. The van der Waals surface area contributed by atoms with E-state index in [4.69, 9.17) is 4.74 Å². The molecule has 1 aliphatic rings. The molecule has 3 rings (SSSR count). The van der Waals surface area contributed by atoms with Crippen molar-refractivity contribution in [2.75, 3.05) is 27.7 Å². The van der Waals surface area contributed by atoms with Crippen LogP contribution in [0.1, 0.15) is 16.2 Å². The second-order valence-electron chi connectivity index (χ2n) is 6.08. The maximum absolute atomic E-state index is 13.6. The molecule has 0 radical (unpaired) electrons. The fraction of sp³-hybridized carbons (Fsp3) is 0.375. The first-order valence-electron chi connectivity index (χ1n) is 7.86. The molecular formula is C16H19FN4O4S. The molecule has 1 aromatic heterocycles. The molecule has 1 aliphatic heterocycles. The first kappa shape index (κ1) is 18.3. The molecule has 2 heterocycles. The Morgan fingerprint density at radius 2 is 2.00 bits per heavy atom. The van der Waals surface area contributed by atoms with E-state index in [-0.39, 0.29) is 35.3 Å². The molecule has 0 saturated heterocycles. The summed E-state index contributed by atoms with van der Waals surface area (Å²) in [5.41, 5.74) is 0.855. The number of methoxy groups -OCH3 is 1. The largest absolute Gasteiger partial charge is 0.495 e. The van der Waals surface area contributed by atoms with Crippen molar-refractivity contribution in [1.29, 1.82) is 0 Å². The fourth-order valence-corrected chi connectivity index (χ4v) is 4.34. The normalized spacial score (nSPS) is 14.8. The molecule has 0 fully saturated rings. The van der Waals surface area contributed by atoms with E-state index in [1.807, 2.05) is 0 Å². The third-order valence-electron chi connectivity index (χ3n) is 4.13. The second-order valence-corrected chi connectivity index (χ2v) is 7.98. The maximum atomic E-state index is 13.6. The average Bonchev–Trinajstić information content (AvgIpc) is 3.03. The predicted octanol–water partition coefficient (Wildman–Crippen LogP) is 0.937. The first-order chi connectivity index (χ1) is 12.2. The molecule has 1 aromatic carbocycles. The predicted molar refractivity (Wildman–Crippen MR) is 90.8 cm³/mol. The van der Waals surface area contributed by atoms with Gasteiger partial charge in [-0.2, -0.15) is 9.40 Å². The minimum atomic E-state index is -3.97. The SMILES string of the molecule is COc1ccc(F)cc1S(=O)(=O)N1CCn2nc(C(=O)N(C)C)cc2C1. The minimum Gasteiger partial charge on any atom is -0.495 e. The molecule has 0 unspecified atom stereocenters. The van der Waals surface area contributed by atoms with Crippen LogP contribution in [-0.2, 0) is 23.1 Å². The van der Waals surface area contributed by atoms with Crippen molar-refractivity contribution in [2.45, 2.75) is 18.0 Å². The molecule has 26 heavy (non-hydrogen) atoms. The molecule has 0 atom stereocenters. The molecule has 140 valence electrons. The quantitative estimate of drug-likeness (QED) is 0.786. The Hall–Kier alpha value is -2.46. The lowest BCUT2D eigenvalue weighted by Gasteiger charge is -2.27. The third-order valence-corrected chi connectivity index (χ3v) is 6.00. The summed E-state index contributed by atoms with van der Waals surface area (Å²) >= 11 is 0. The van der Waals surface area contributed by atoms with Gasteiger partial charge >= 0.3 is 0 Å². The molecule has 0 bridgehead atoms. The summed E-state index contributed by atoms with van der Waals surface area (Å²) in [7, 11) is 0.602. The molecule has 0 aliphatic carbocycles. The summed E-state index contributed by atoms with van der Waals surface area (Å²) in [5.74, 6) is -0.840. The van der Waals surface area contributed by atoms with Crippen LogP contribution >= 0.6 is 0 Å². The topological polar surface area (TPSA) is 84.7 Å². The molecule has 10 heteroatoms. The van der Waals surface area contributed by atoms with Crippen molar-refractivity contribution in [3.63, 3.8) is 0 Å². The number of sulfonamides is 1. The van der Waals surface area contributed by atoms with E-state index in [1.165, 1.54) is 22.4 Å². The molecule has 0 saturated carbocycles. The molecule has 2 aromatic rings. The van der Waals surface area contributed by atoms with Gasteiger partial charge in [0.05, 0.1) is 25.9 Å². The molecule has 1 amide bonds. The molecule has 0 N–H and O–H groups in total. The van der Waals surface area contributed by atoms with E-state index in [9.17, 15) is 17.6 Å². The van der Waals surface area contributed by atoms with Gasteiger partial charge in [-0.25, -0.2) is 12.8 Å². The summed E-state index contributed by atoms with van der Waals surface area (Å²) in [6.07, 6.45) is 0. The van der Waals surface area contributed by atoms with Crippen LogP contribution in [0.2, 0.25) is 0 Å². The van der Waals surface area contributed by atoms with Gasteiger partial charge in [0, 0.05) is 20.6 Å². The number of carbonyl (C=O) groups is 1. The number of amides is 1. The smallest absolute Gasteiger partial charge is 0.273 e. The maximum Gasteiger partial charge on any atom is 0.273 e. The van der Waals surface area contributed by atoms with Crippen molar-refractivity contribution >= 4 is 15.9 Å². The number of benzene rings is 1. The van der Waals surface area contributed by atoms with Crippen molar-refractivity contribution in [1.82, 2.24) is 19.0 Å². The molecule has 8 nitrogen and oxygen atoms in total. The van der Waals surface area contributed by atoms with Crippen molar-refractivity contribution in [3.05, 3.63) is 41.5 Å². The highest BCUT2D eigenvalue weighted by molar-refractivity contribution is 7.89. The van der Waals surface area contributed by atoms with Crippen LogP contribution in [0.4, 0.5) is 4.39 Å². The van der Waals surface area contributed by atoms with Gasteiger partial charge < -0.3 is 9.64 Å². The number of nitrogens with zero attached hydrogens (tertiary/aromatic N) is 4. The highest BCUT2D eigenvalue weighted by Gasteiger charge is 2.32. The average molecular weight is 382 g/mol. The van der Waals surface area contributed by atoms with E-state index in [0.717, 1.165) is 12.1 Å². The Labute approximate surface area is 150 Å². The van der Waals surface area contributed by atoms with Crippen molar-refractivity contribution < 1.29 is 22.3 Å². The fourth-order valence-electron chi connectivity index (χ4n) is 2.77. The number of hydrogen-bond acceptors (Lipinski definition) is 5. The Kier molecular flexibility index (Phi) is 4.72.